The van der Waals surface area contributed by atoms with Gasteiger partial charge in [0.2, 0.25) is 0 Å². The molecule has 1 aliphatic heterocycles. The lowest BCUT2D eigenvalue weighted by Gasteiger charge is -2.31. The molecule has 6 heteroatoms. The van der Waals surface area contributed by atoms with Crippen LogP contribution in [0.5, 0.6) is 0 Å². The van der Waals surface area contributed by atoms with Gasteiger partial charge in [-0.05, 0) is 56.0 Å². The van der Waals surface area contributed by atoms with Crippen molar-refractivity contribution in [3.8, 4) is 0 Å². The third-order valence-electron chi connectivity index (χ3n) is 5.95. The van der Waals surface area contributed by atoms with Crippen molar-refractivity contribution >= 4 is 28.1 Å². The number of piperidine rings is 1. The minimum absolute atomic E-state index is 0.0251. The first-order chi connectivity index (χ1) is 14.2. The van der Waals surface area contributed by atoms with Crippen LogP contribution >= 0.6 is 0 Å². The lowest BCUT2D eigenvalue weighted by atomic mass is 9.97. The Morgan fingerprint density at radius 2 is 1.66 bits per heavy atom. The maximum absolute atomic E-state index is 13.2. The van der Waals surface area contributed by atoms with E-state index in [9.17, 15) is 4.79 Å². The molecule has 0 bridgehead atoms. The van der Waals surface area contributed by atoms with Crippen LogP contribution in [0.3, 0.4) is 0 Å². The van der Waals surface area contributed by atoms with Crippen molar-refractivity contribution in [2.45, 2.75) is 37.5 Å². The number of likely N-dealkylation sites (tertiary alicyclic amines) is 1. The molecule has 1 saturated heterocycles. The van der Waals surface area contributed by atoms with E-state index in [0.717, 1.165) is 60.6 Å². The third-order valence-corrected chi connectivity index (χ3v) is 5.95. The molecule has 2 aliphatic rings. The zero-order valence-corrected chi connectivity index (χ0v) is 16.0. The van der Waals surface area contributed by atoms with Gasteiger partial charge in [-0.1, -0.05) is 12.1 Å². The Balaban J connectivity index is 1.24. The summed E-state index contributed by atoms with van der Waals surface area (Å²) in [5.74, 6) is 2.13. The number of rotatable bonds is 3. The fourth-order valence-corrected chi connectivity index (χ4v) is 4.19. The zero-order valence-electron chi connectivity index (χ0n) is 16.0. The van der Waals surface area contributed by atoms with Gasteiger partial charge >= 0.3 is 0 Å². The van der Waals surface area contributed by atoms with Crippen LogP contribution in [-0.2, 0) is 0 Å². The number of carbonyl (C=O) groups excluding carboxylic acids is 1. The summed E-state index contributed by atoms with van der Waals surface area (Å²) >= 11 is 0. The van der Waals surface area contributed by atoms with Crippen molar-refractivity contribution in [3.05, 3.63) is 59.8 Å². The molecule has 4 aromatic rings. The van der Waals surface area contributed by atoms with Crippen LogP contribution in [0.1, 0.15) is 59.7 Å². The number of benzene rings is 2. The number of carbonyl (C=O) groups is 1. The molecule has 3 heterocycles. The summed E-state index contributed by atoms with van der Waals surface area (Å²) in [5.41, 5.74) is 3.84. The van der Waals surface area contributed by atoms with E-state index in [4.69, 9.17) is 8.83 Å². The lowest BCUT2D eigenvalue weighted by Crippen LogP contribution is -2.39. The molecular formula is C23H21N3O3. The quantitative estimate of drug-likeness (QED) is 0.502. The summed E-state index contributed by atoms with van der Waals surface area (Å²) in [6.45, 7) is 1.37. The minimum atomic E-state index is 0.0251. The van der Waals surface area contributed by atoms with E-state index in [1.807, 2.05) is 47.4 Å². The second-order valence-corrected chi connectivity index (χ2v) is 8.12. The molecule has 0 N–H and O–H groups in total. The van der Waals surface area contributed by atoms with Crippen LogP contribution in [0.2, 0.25) is 0 Å². The molecule has 2 aromatic heterocycles. The first-order valence-corrected chi connectivity index (χ1v) is 10.3. The molecule has 1 amide bonds. The van der Waals surface area contributed by atoms with E-state index in [1.165, 1.54) is 0 Å². The molecule has 2 aromatic carbocycles. The molecule has 29 heavy (non-hydrogen) atoms. The summed E-state index contributed by atoms with van der Waals surface area (Å²) in [5, 5.41) is 0. The first-order valence-electron chi connectivity index (χ1n) is 10.3. The summed E-state index contributed by atoms with van der Waals surface area (Å²) in [4.78, 5) is 24.3. The molecule has 146 valence electrons. The summed E-state index contributed by atoms with van der Waals surface area (Å²) in [6, 6.07) is 13.4. The molecule has 0 radical (unpaired) electrons. The monoisotopic (exact) mass is 387 g/mol. The Morgan fingerprint density at radius 3 is 2.48 bits per heavy atom. The van der Waals surface area contributed by atoms with Gasteiger partial charge in [-0.25, -0.2) is 9.97 Å². The van der Waals surface area contributed by atoms with E-state index in [-0.39, 0.29) is 11.8 Å². The van der Waals surface area contributed by atoms with Gasteiger partial charge in [0.25, 0.3) is 5.91 Å². The maximum atomic E-state index is 13.2. The highest BCUT2D eigenvalue weighted by atomic mass is 16.4. The standard InChI is InChI=1S/C23H21N3O3/c27-23(15-9-10-18-20(12-15)29-21(25-18)14-7-8-14)26-11-3-4-16(13-26)22-24-17-5-1-2-6-19(17)28-22/h1-2,5-6,9-10,12,14,16H,3-4,7-8,11,13H2/t16-/m1/s1. The van der Waals surface area contributed by atoms with Gasteiger partial charge in [-0.15, -0.1) is 0 Å². The van der Waals surface area contributed by atoms with E-state index in [0.29, 0.717) is 23.6 Å². The maximum Gasteiger partial charge on any atom is 0.254 e. The molecule has 0 spiro atoms. The Hall–Kier alpha value is -3.15. The van der Waals surface area contributed by atoms with Crippen molar-refractivity contribution in [3.63, 3.8) is 0 Å². The number of hydrogen-bond donors (Lipinski definition) is 0. The van der Waals surface area contributed by atoms with Crippen LogP contribution < -0.4 is 0 Å². The number of nitrogens with zero attached hydrogens (tertiary/aromatic N) is 3. The smallest absolute Gasteiger partial charge is 0.254 e. The van der Waals surface area contributed by atoms with E-state index in [1.54, 1.807) is 0 Å². The normalized spacial score (nSPS) is 19.9. The Labute approximate surface area is 167 Å². The van der Waals surface area contributed by atoms with Crippen LogP contribution in [0.4, 0.5) is 0 Å². The largest absolute Gasteiger partial charge is 0.440 e. The second-order valence-electron chi connectivity index (χ2n) is 8.12. The molecule has 2 fully saturated rings. The highest BCUT2D eigenvalue weighted by Gasteiger charge is 2.30. The predicted molar refractivity (Wildman–Crippen MR) is 108 cm³/mol. The van der Waals surface area contributed by atoms with Gasteiger partial charge in [0, 0.05) is 24.6 Å². The van der Waals surface area contributed by atoms with E-state index in [2.05, 4.69) is 9.97 Å². The van der Waals surface area contributed by atoms with Gasteiger partial charge in [0.05, 0.1) is 5.92 Å². The van der Waals surface area contributed by atoms with Crippen LogP contribution in [-0.4, -0.2) is 33.9 Å². The summed E-state index contributed by atoms with van der Waals surface area (Å²) in [6.07, 6.45) is 4.20. The average molecular weight is 387 g/mol. The molecule has 6 rings (SSSR count). The zero-order chi connectivity index (χ0) is 19.4. The number of fused-ring (bicyclic) bond motifs is 2. The third kappa shape index (κ3) is 2.99. The van der Waals surface area contributed by atoms with Crippen LogP contribution in [0, 0.1) is 0 Å². The molecule has 1 saturated carbocycles. The molecule has 0 unspecified atom stereocenters. The molecule has 1 aliphatic carbocycles. The SMILES string of the molecule is O=C(c1ccc2nc(C3CC3)oc2c1)N1CCC[C@@H](c2nc3ccccc3o2)C1. The summed E-state index contributed by atoms with van der Waals surface area (Å²) < 4.78 is 11.8. The summed E-state index contributed by atoms with van der Waals surface area (Å²) in [7, 11) is 0. The van der Waals surface area contributed by atoms with Crippen molar-refractivity contribution in [1.82, 2.24) is 14.9 Å². The van der Waals surface area contributed by atoms with Crippen molar-refractivity contribution in [1.29, 1.82) is 0 Å². The number of hydrogen-bond acceptors (Lipinski definition) is 5. The number of oxazole rings is 2. The topological polar surface area (TPSA) is 72.4 Å². The van der Waals surface area contributed by atoms with Crippen LogP contribution in [0.15, 0.2) is 51.3 Å². The fourth-order valence-electron chi connectivity index (χ4n) is 4.19. The second kappa shape index (κ2) is 6.44. The highest BCUT2D eigenvalue weighted by Crippen LogP contribution is 2.40. The van der Waals surface area contributed by atoms with Crippen molar-refractivity contribution in [2.24, 2.45) is 0 Å². The van der Waals surface area contributed by atoms with Gasteiger partial charge in [0.15, 0.2) is 22.9 Å². The predicted octanol–water partition coefficient (Wildman–Crippen LogP) is 4.87. The van der Waals surface area contributed by atoms with Crippen molar-refractivity contribution < 1.29 is 13.6 Å². The number of para-hydroxylation sites is 2. The minimum Gasteiger partial charge on any atom is -0.440 e. The Bertz CT molecular complexity index is 1190. The average Bonchev–Trinajstić information content (AvgIpc) is 3.38. The Kier molecular flexibility index (Phi) is 3.72. The number of aromatic nitrogens is 2. The van der Waals surface area contributed by atoms with E-state index < -0.39 is 0 Å². The highest BCUT2D eigenvalue weighted by molar-refractivity contribution is 5.97. The van der Waals surface area contributed by atoms with Gasteiger partial charge in [-0.2, -0.15) is 0 Å². The first kappa shape index (κ1) is 16.8. The number of amides is 1. The van der Waals surface area contributed by atoms with E-state index >= 15 is 0 Å². The van der Waals surface area contributed by atoms with Crippen molar-refractivity contribution in [2.75, 3.05) is 13.1 Å². The molecule has 6 nitrogen and oxygen atoms in total. The molecule has 1 atom stereocenters. The van der Waals surface area contributed by atoms with Gasteiger partial charge < -0.3 is 13.7 Å². The van der Waals surface area contributed by atoms with Gasteiger partial charge in [0.1, 0.15) is 11.0 Å². The fraction of sp³-hybridized carbons (Fsp3) is 0.348. The lowest BCUT2D eigenvalue weighted by molar-refractivity contribution is 0.0699. The molecular weight excluding hydrogens is 366 g/mol. The Morgan fingerprint density at radius 1 is 0.897 bits per heavy atom. The van der Waals surface area contributed by atoms with Gasteiger partial charge in [-0.3, -0.25) is 4.79 Å². The van der Waals surface area contributed by atoms with Crippen LogP contribution in [0.25, 0.3) is 22.2 Å².